The van der Waals surface area contributed by atoms with E-state index >= 15 is 0 Å². The third-order valence-corrected chi connectivity index (χ3v) is 2.84. The number of aryl methyl sites for hydroxylation is 1. The molecule has 2 rings (SSSR count). The van der Waals surface area contributed by atoms with E-state index in [1.54, 1.807) is 6.92 Å². The Bertz CT molecular complexity index is 488. The van der Waals surface area contributed by atoms with Crippen molar-refractivity contribution in [1.29, 1.82) is 0 Å². The van der Waals surface area contributed by atoms with E-state index in [2.05, 4.69) is 10.6 Å². The number of carbonyl (C=O) groups is 1. The van der Waals surface area contributed by atoms with Crippen LogP contribution >= 0.6 is 12.2 Å². The maximum atomic E-state index is 11.1. The van der Waals surface area contributed by atoms with Gasteiger partial charge in [0.05, 0.1) is 16.3 Å². The fourth-order valence-corrected chi connectivity index (χ4v) is 1.84. The molecule has 3 nitrogen and oxygen atoms in total. The molecular formula is C12H11N2OS. The number of hydrogen-bond donors (Lipinski definition) is 1. The summed E-state index contributed by atoms with van der Waals surface area (Å²) in [5, 5.41) is 6.43. The summed E-state index contributed by atoms with van der Waals surface area (Å²) in [4.78, 5) is 11.7. The van der Waals surface area contributed by atoms with Crippen molar-refractivity contribution in [2.45, 2.75) is 13.8 Å². The van der Waals surface area contributed by atoms with Crippen LogP contribution in [0.1, 0.15) is 18.1 Å². The second kappa shape index (κ2) is 4.06. The molecule has 0 saturated carbocycles. The lowest BCUT2D eigenvalue weighted by molar-refractivity contribution is 0.248. The van der Waals surface area contributed by atoms with Gasteiger partial charge in [0, 0.05) is 0 Å². The lowest BCUT2D eigenvalue weighted by Crippen LogP contribution is -2.22. The van der Waals surface area contributed by atoms with Gasteiger partial charge in [-0.05, 0) is 19.4 Å². The normalized spacial score (nSPS) is 14.8. The summed E-state index contributed by atoms with van der Waals surface area (Å²) in [6.07, 6.45) is 0. The van der Waals surface area contributed by atoms with Crippen LogP contribution in [-0.2, 0) is 0 Å². The van der Waals surface area contributed by atoms with Gasteiger partial charge < -0.3 is 5.32 Å². The van der Waals surface area contributed by atoms with Crippen molar-refractivity contribution in [1.82, 2.24) is 10.6 Å². The summed E-state index contributed by atoms with van der Waals surface area (Å²) in [5.74, 6) is 0. The Morgan fingerprint density at radius 1 is 1.25 bits per heavy atom. The molecule has 0 atom stereocenters. The molecule has 1 aliphatic rings. The van der Waals surface area contributed by atoms with Gasteiger partial charge in [-0.3, -0.25) is 0 Å². The molecule has 2 amide bonds. The second-order valence-corrected chi connectivity index (χ2v) is 4.11. The van der Waals surface area contributed by atoms with E-state index in [1.807, 2.05) is 31.2 Å². The minimum Gasteiger partial charge on any atom is -0.303 e. The monoisotopic (exact) mass is 231 g/mol. The van der Waals surface area contributed by atoms with Crippen LogP contribution in [0.3, 0.4) is 0 Å². The van der Waals surface area contributed by atoms with E-state index in [-0.39, 0.29) is 6.03 Å². The maximum absolute atomic E-state index is 11.1. The quantitative estimate of drug-likeness (QED) is 0.626. The number of urea groups is 1. The maximum Gasteiger partial charge on any atom is 0.345 e. The Balaban J connectivity index is 2.30. The Morgan fingerprint density at radius 2 is 1.88 bits per heavy atom. The lowest BCUT2D eigenvalue weighted by atomic mass is 10.1. The van der Waals surface area contributed by atoms with Gasteiger partial charge in [-0.1, -0.05) is 42.0 Å². The van der Waals surface area contributed by atoms with Crippen molar-refractivity contribution in [2.75, 3.05) is 0 Å². The number of benzene rings is 1. The standard InChI is InChI=1S/C12H11N2OS/c1-7-3-5-9(6-4-7)11(16)10-8(2)13-12(15)14-10/h3-6H,1-2H3,(H,14,15). The van der Waals surface area contributed by atoms with Crippen LogP contribution in [0, 0.1) is 6.92 Å². The molecule has 0 aromatic heterocycles. The van der Waals surface area contributed by atoms with Crippen LogP contribution in [0.25, 0.3) is 0 Å². The fourth-order valence-electron chi connectivity index (χ4n) is 1.50. The van der Waals surface area contributed by atoms with E-state index < -0.39 is 0 Å². The van der Waals surface area contributed by atoms with Crippen LogP contribution in [0.4, 0.5) is 4.79 Å². The van der Waals surface area contributed by atoms with Crippen LogP contribution < -0.4 is 10.6 Å². The number of hydrogen-bond acceptors (Lipinski definition) is 2. The number of nitrogens with zero attached hydrogens (tertiary/aromatic N) is 1. The van der Waals surface area contributed by atoms with Gasteiger partial charge in [0.1, 0.15) is 0 Å². The molecule has 0 unspecified atom stereocenters. The van der Waals surface area contributed by atoms with Crippen molar-refractivity contribution in [3.05, 3.63) is 46.8 Å². The molecule has 1 N–H and O–H groups in total. The highest BCUT2D eigenvalue weighted by Crippen LogP contribution is 2.15. The molecule has 1 aromatic carbocycles. The highest BCUT2D eigenvalue weighted by molar-refractivity contribution is 7.81. The molecule has 1 aromatic rings. The summed E-state index contributed by atoms with van der Waals surface area (Å²) >= 11 is 5.32. The highest BCUT2D eigenvalue weighted by Gasteiger charge is 2.22. The van der Waals surface area contributed by atoms with Gasteiger partial charge in [-0.25, -0.2) is 4.79 Å². The molecule has 4 heteroatoms. The molecular weight excluding hydrogens is 220 g/mol. The first-order chi connectivity index (χ1) is 7.58. The van der Waals surface area contributed by atoms with Crippen molar-refractivity contribution >= 4 is 23.1 Å². The zero-order chi connectivity index (χ0) is 11.7. The summed E-state index contributed by atoms with van der Waals surface area (Å²) in [7, 11) is 0. The van der Waals surface area contributed by atoms with Gasteiger partial charge in [0.15, 0.2) is 0 Å². The van der Waals surface area contributed by atoms with E-state index in [0.29, 0.717) is 16.3 Å². The third-order valence-electron chi connectivity index (χ3n) is 2.40. The van der Waals surface area contributed by atoms with Gasteiger partial charge >= 0.3 is 6.03 Å². The third kappa shape index (κ3) is 1.97. The van der Waals surface area contributed by atoms with E-state index in [0.717, 1.165) is 5.56 Å². The first-order valence-corrected chi connectivity index (χ1v) is 5.34. The predicted molar refractivity (Wildman–Crippen MR) is 66.2 cm³/mol. The molecule has 0 bridgehead atoms. The molecule has 1 heterocycles. The van der Waals surface area contributed by atoms with E-state index in [1.165, 1.54) is 5.56 Å². The average molecular weight is 231 g/mol. The van der Waals surface area contributed by atoms with Crippen molar-refractivity contribution in [3.8, 4) is 0 Å². The largest absolute Gasteiger partial charge is 0.345 e. The van der Waals surface area contributed by atoms with Crippen LogP contribution in [0.5, 0.6) is 0 Å². The molecule has 0 aliphatic carbocycles. The van der Waals surface area contributed by atoms with Crippen LogP contribution in [-0.4, -0.2) is 10.9 Å². The van der Waals surface area contributed by atoms with Gasteiger partial charge in [-0.15, -0.1) is 0 Å². The molecule has 81 valence electrons. The molecule has 0 spiro atoms. The topological polar surface area (TPSA) is 43.2 Å². The smallest absolute Gasteiger partial charge is 0.303 e. The minimum absolute atomic E-state index is 0.345. The SMILES string of the molecule is CC1=C(C(=S)c2ccc(C)cc2)NC(=O)[N]1. The number of allylic oxidation sites excluding steroid dienone is 2. The van der Waals surface area contributed by atoms with Crippen molar-refractivity contribution in [3.63, 3.8) is 0 Å². The number of amides is 2. The Hall–Kier alpha value is -1.68. The van der Waals surface area contributed by atoms with Crippen LogP contribution in [0.2, 0.25) is 0 Å². The van der Waals surface area contributed by atoms with Gasteiger partial charge in [0.25, 0.3) is 0 Å². The number of nitrogens with one attached hydrogen (secondary N) is 1. The Labute approximate surface area is 99.5 Å². The first kappa shape index (κ1) is 10.8. The second-order valence-electron chi connectivity index (χ2n) is 3.70. The zero-order valence-electron chi connectivity index (χ0n) is 9.07. The van der Waals surface area contributed by atoms with Gasteiger partial charge in [0.2, 0.25) is 0 Å². The number of carbonyl (C=O) groups excluding carboxylic acids is 1. The fraction of sp³-hybridized carbons (Fsp3) is 0.167. The molecule has 0 fully saturated rings. The average Bonchev–Trinajstić information content (AvgIpc) is 2.58. The van der Waals surface area contributed by atoms with E-state index in [4.69, 9.17) is 12.2 Å². The summed E-state index contributed by atoms with van der Waals surface area (Å²) in [6.45, 7) is 3.79. The molecule has 0 saturated heterocycles. The van der Waals surface area contributed by atoms with E-state index in [9.17, 15) is 4.79 Å². The molecule has 1 aliphatic heterocycles. The highest BCUT2D eigenvalue weighted by atomic mass is 32.1. The van der Waals surface area contributed by atoms with Gasteiger partial charge in [-0.2, -0.15) is 5.32 Å². The number of rotatable bonds is 2. The lowest BCUT2D eigenvalue weighted by Gasteiger charge is -2.05. The summed E-state index contributed by atoms with van der Waals surface area (Å²) in [6, 6.07) is 7.53. The molecule has 16 heavy (non-hydrogen) atoms. The summed E-state index contributed by atoms with van der Waals surface area (Å²) < 4.78 is 0. The number of thiocarbonyl (C=S) groups is 1. The summed E-state index contributed by atoms with van der Waals surface area (Å²) in [5.41, 5.74) is 3.39. The Kier molecular flexibility index (Phi) is 2.75. The molecule has 1 radical (unpaired) electrons. The zero-order valence-corrected chi connectivity index (χ0v) is 9.89. The Morgan fingerprint density at radius 3 is 2.38 bits per heavy atom. The van der Waals surface area contributed by atoms with Crippen molar-refractivity contribution < 1.29 is 4.79 Å². The first-order valence-electron chi connectivity index (χ1n) is 4.93. The predicted octanol–water partition coefficient (Wildman–Crippen LogP) is 2.27. The van der Waals surface area contributed by atoms with Crippen LogP contribution in [0.15, 0.2) is 35.7 Å². The minimum atomic E-state index is -0.345. The van der Waals surface area contributed by atoms with Crippen molar-refractivity contribution in [2.24, 2.45) is 0 Å².